The van der Waals surface area contributed by atoms with Gasteiger partial charge in [0.2, 0.25) is 0 Å². The molecule has 1 unspecified atom stereocenters. The maximum Gasteiger partial charge on any atom is 0.0624 e. The topological polar surface area (TPSA) is 47.7 Å². The summed E-state index contributed by atoms with van der Waals surface area (Å²) in [5, 5.41) is 12.7. The third kappa shape index (κ3) is 3.53. The summed E-state index contributed by atoms with van der Waals surface area (Å²) < 4.78 is 4.10. The van der Waals surface area contributed by atoms with Crippen molar-refractivity contribution in [1.29, 1.82) is 0 Å². The van der Waals surface area contributed by atoms with Gasteiger partial charge in [-0.2, -0.15) is 10.2 Å². The van der Waals surface area contributed by atoms with Crippen molar-refractivity contribution in [2.24, 2.45) is 7.05 Å². The monoisotopic (exact) mass is 289 g/mol. The lowest BCUT2D eigenvalue weighted by atomic mass is 10.1. The van der Waals surface area contributed by atoms with Gasteiger partial charge in [-0.3, -0.25) is 9.36 Å². The molecule has 0 bridgehead atoms. The van der Waals surface area contributed by atoms with Crippen LogP contribution in [0.3, 0.4) is 0 Å². The molecule has 116 valence electrons. The average Bonchev–Trinajstić information content (AvgIpc) is 3.01. The van der Waals surface area contributed by atoms with E-state index < -0.39 is 0 Å². The highest BCUT2D eigenvalue weighted by Crippen LogP contribution is 2.20. The molecule has 0 spiro atoms. The highest BCUT2D eigenvalue weighted by atomic mass is 15.3. The standard InChI is InChI=1S/C16H27N5/c1-6-13-10-14(21(8-3)19-13)11-15(17-7-2)16-9-12(4)18-20(16)5/h9-10,15,17H,6-8,11H2,1-5H3. The van der Waals surface area contributed by atoms with Gasteiger partial charge in [-0.15, -0.1) is 0 Å². The van der Waals surface area contributed by atoms with E-state index >= 15 is 0 Å². The molecular weight excluding hydrogens is 262 g/mol. The van der Waals surface area contributed by atoms with Crippen LogP contribution in [0.15, 0.2) is 12.1 Å². The molecule has 1 N–H and O–H groups in total. The third-order valence-corrected chi connectivity index (χ3v) is 3.83. The van der Waals surface area contributed by atoms with Crippen molar-refractivity contribution in [3.63, 3.8) is 0 Å². The van der Waals surface area contributed by atoms with Crippen molar-refractivity contribution in [3.8, 4) is 0 Å². The summed E-state index contributed by atoms with van der Waals surface area (Å²) in [6, 6.07) is 4.67. The van der Waals surface area contributed by atoms with Crippen LogP contribution in [-0.2, 0) is 26.4 Å². The summed E-state index contributed by atoms with van der Waals surface area (Å²) in [6.45, 7) is 10.3. The van der Waals surface area contributed by atoms with E-state index in [0.29, 0.717) is 0 Å². The molecule has 0 aliphatic carbocycles. The molecule has 0 aromatic carbocycles. The van der Waals surface area contributed by atoms with Crippen LogP contribution >= 0.6 is 0 Å². The summed E-state index contributed by atoms with van der Waals surface area (Å²) >= 11 is 0. The van der Waals surface area contributed by atoms with Crippen molar-refractivity contribution in [3.05, 3.63) is 34.9 Å². The quantitative estimate of drug-likeness (QED) is 0.851. The number of aryl methyl sites for hydroxylation is 4. The van der Waals surface area contributed by atoms with Crippen molar-refractivity contribution in [2.75, 3.05) is 6.54 Å². The van der Waals surface area contributed by atoms with E-state index in [4.69, 9.17) is 0 Å². The van der Waals surface area contributed by atoms with Crippen LogP contribution < -0.4 is 5.32 Å². The molecule has 2 aromatic heterocycles. The second kappa shape index (κ2) is 6.89. The Morgan fingerprint density at radius 2 is 1.95 bits per heavy atom. The summed E-state index contributed by atoms with van der Waals surface area (Å²) in [6.07, 6.45) is 1.92. The number of nitrogens with one attached hydrogen (secondary N) is 1. The van der Waals surface area contributed by atoms with Crippen LogP contribution in [0.5, 0.6) is 0 Å². The molecular formula is C16H27N5. The minimum Gasteiger partial charge on any atom is -0.309 e. The largest absolute Gasteiger partial charge is 0.309 e. The van der Waals surface area contributed by atoms with Gasteiger partial charge in [0.25, 0.3) is 0 Å². The molecule has 2 rings (SSSR count). The maximum absolute atomic E-state index is 4.65. The minimum absolute atomic E-state index is 0.271. The van der Waals surface area contributed by atoms with Crippen LogP contribution in [0, 0.1) is 6.92 Å². The first kappa shape index (κ1) is 15.8. The van der Waals surface area contributed by atoms with Gasteiger partial charge in [0.05, 0.1) is 23.1 Å². The normalized spacial score (nSPS) is 12.8. The van der Waals surface area contributed by atoms with Crippen LogP contribution in [-0.4, -0.2) is 26.1 Å². The number of hydrogen-bond donors (Lipinski definition) is 1. The van der Waals surface area contributed by atoms with Gasteiger partial charge in [0.15, 0.2) is 0 Å². The van der Waals surface area contributed by atoms with Gasteiger partial charge in [-0.25, -0.2) is 0 Å². The van der Waals surface area contributed by atoms with Crippen molar-refractivity contribution in [2.45, 2.75) is 53.1 Å². The zero-order valence-electron chi connectivity index (χ0n) is 13.8. The molecule has 21 heavy (non-hydrogen) atoms. The maximum atomic E-state index is 4.65. The van der Waals surface area contributed by atoms with E-state index in [1.165, 1.54) is 17.1 Å². The lowest BCUT2D eigenvalue weighted by Crippen LogP contribution is -2.26. The van der Waals surface area contributed by atoms with E-state index in [1.54, 1.807) is 0 Å². The number of aromatic nitrogens is 4. The Bertz CT molecular complexity index is 582. The van der Waals surface area contributed by atoms with Gasteiger partial charge in [-0.05, 0) is 38.9 Å². The molecule has 0 amide bonds. The van der Waals surface area contributed by atoms with Gasteiger partial charge < -0.3 is 5.32 Å². The first-order chi connectivity index (χ1) is 10.1. The zero-order chi connectivity index (χ0) is 15.4. The van der Waals surface area contributed by atoms with Crippen LogP contribution in [0.25, 0.3) is 0 Å². The molecule has 0 saturated carbocycles. The van der Waals surface area contributed by atoms with E-state index in [-0.39, 0.29) is 6.04 Å². The minimum atomic E-state index is 0.271. The van der Waals surface area contributed by atoms with Crippen molar-refractivity contribution >= 4 is 0 Å². The predicted molar refractivity (Wildman–Crippen MR) is 85.3 cm³/mol. The van der Waals surface area contributed by atoms with Crippen molar-refractivity contribution in [1.82, 2.24) is 24.9 Å². The molecule has 2 heterocycles. The Hall–Kier alpha value is -1.62. The zero-order valence-corrected chi connectivity index (χ0v) is 13.8. The van der Waals surface area contributed by atoms with Gasteiger partial charge in [-0.1, -0.05) is 13.8 Å². The smallest absolute Gasteiger partial charge is 0.0624 e. The van der Waals surface area contributed by atoms with Gasteiger partial charge in [0, 0.05) is 25.7 Å². The van der Waals surface area contributed by atoms with E-state index in [9.17, 15) is 0 Å². The number of likely N-dealkylation sites (N-methyl/N-ethyl adjacent to an activating group) is 1. The van der Waals surface area contributed by atoms with Gasteiger partial charge in [0.1, 0.15) is 0 Å². The summed E-state index contributed by atoms with van der Waals surface area (Å²) in [4.78, 5) is 0. The SMILES string of the molecule is CCNC(Cc1cc(CC)nn1CC)c1cc(C)nn1C. The highest BCUT2D eigenvalue weighted by Gasteiger charge is 2.18. The third-order valence-electron chi connectivity index (χ3n) is 3.83. The predicted octanol–water partition coefficient (Wildman–Crippen LogP) is 2.40. The number of hydrogen-bond acceptors (Lipinski definition) is 3. The average molecular weight is 289 g/mol. The second-order valence-electron chi connectivity index (χ2n) is 5.44. The Kier molecular flexibility index (Phi) is 5.17. The summed E-state index contributed by atoms with van der Waals surface area (Å²) in [7, 11) is 2.02. The molecule has 2 aromatic rings. The van der Waals surface area contributed by atoms with Crippen molar-refractivity contribution < 1.29 is 0 Å². The first-order valence-electron chi connectivity index (χ1n) is 7.88. The van der Waals surface area contributed by atoms with Crippen LogP contribution in [0.1, 0.15) is 49.6 Å². The molecule has 0 aliphatic heterocycles. The first-order valence-corrected chi connectivity index (χ1v) is 7.88. The molecule has 5 nitrogen and oxygen atoms in total. The molecule has 0 aliphatic rings. The Morgan fingerprint density at radius 3 is 2.48 bits per heavy atom. The molecule has 0 fully saturated rings. The van der Waals surface area contributed by atoms with E-state index in [2.05, 4.69) is 53.1 Å². The summed E-state index contributed by atoms with van der Waals surface area (Å²) in [5.41, 5.74) is 4.76. The molecule has 1 atom stereocenters. The lowest BCUT2D eigenvalue weighted by molar-refractivity contribution is 0.485. The molecule has 0 radical (unpaired) electrons. The number of rotatable bonds is 7. The van der Waals surface area contributed by atoms with Gasteiger partial charge >= 0.3 is 0 Å². The second-order valence-corrected chi connectivity index (χ2v) is 5.44. The Balaban J connectivity index is 2.27. The number of nitrogens with zero attached hydrogens (tertiary/aromatic N) is 4. The fourth-order valence-corrected chi connectivity index (χ4v) is 2.82. The fourth-order valence-electron chi connectivity index (χ4n) is 2.82. The van der Waals surface area contributed by atoms with E-state index in [1.807, 2.05) is 18.7 Å². The Morgan fingerprint density at radius 1 is 1.19 bits per heavy atom. The highest BCUT2D eigenvalue weighted by molar-refractivity contribution is 5.18. The Labute approximate surface area is 127 Å². The molecule has 0 saturated heterocycles. The van der Waals surface area contributed by atoms with Crippen LogP contribution in [0.4, 0.5) is 0 Å². The molecule has 5 heteroatoms. The van der Waals surface area contributed by atoms with E-state index in [0.717, 1.165) is 31.6 Å². The lowest BCUT2D eigenvalue weighted by Gasteiger charge is -2.18. The summed E-state index contributed by atoms with van der Waals surface area (Å²) in [5.74, 6) is 0. The fraction of sp³-hybridized carbons (Fsp3) is 0.625. The van der Waals surface area contributed by atoms with Crippen LogP contribution in [0.2, 0.25) is 0 Å².